The minimum atomic E-state index is 0.619. The molecule has 2 rings (SSSR count). The molecule has 0 aliphatic heterocycles. The molecule has 106 valence electrons. The summed E-state index contributed by atoms with van der Waals surface area (Å²) in [6.45, 7) is 2.79. The number of benzene rings is 2. The summed E-state index contributed by atoms with van der Waals surface area (Å²) in [6.07, 6.45) is 3.06. The van der Waals surface area contributed by atoms with E-state index < -0.39 is 0 Å². The third-order valence-electron chi connectivity index (χ3n) is 3.12. The molecule has 3 heteroatoms. The highest BCUT2D eigenvalue weighted by molar-refractivity contribution is 6.32. The second-order valence-electron chi connectivity index (χ2n) is 4.80. The maximum Gasteiger partial charge on any atom is 0.146 e. The van der Waals surface area contributed by atoms with E-state index in [0.717, 1.165) is 30.6 Å². The predicted octanol–water partition coefficient (Wildman–Crippen LogP) is 4.59. The van der Waals surface area contributed by atoms with Crippen molar-refractivity contribution in [2.45, 2.75) is 26.2 Å². The molecular formula is C17H20ClNO. The lowest BCUT2D eigenvalue weighted by molar-refractivity contribution is 0.482. The van der Waals surface area contributed by atoms with Gasteiger partial charge < -0.3 is 10.5 Å². The van der Waals surface area contributed by atoms with E-state index in [4.69, 9.17) is 22.1 Å². The van der Waals surface area contributed by atoms with Gasteiger partial charge in [-0.2, -0.15) is 0 Å². The topological polar surface area (TPSA) is 35.2 Å². The zero-order chi connectivity index (χ0) is 14.4. The van der Waals surface area contributed by atoms with Crippen LogP contribution in [0.4, 0.5) is 0 Å². The molecule has 0 saturated carbocycles. The number of hydrogen-bond acceptors (Lipinski definition) is 2. The third kappa shape index (κ3) is 3.99. The molecule has 20 heavy (non-hydrogen) atoms. The Morgan fingerprint density at radius 3 is 2.30 bits per heavy atom. The van der Waals surface area contributed by atoms with Crippen molar-refractivity contribution in [1.29, 1.82) is 0 Å². The Labute approximate surface area is 125 Å². The van der Waals surface area contributed by atoms with Crippen LogP contribution in [0, 0.1) is 0 Å². The molecule has 0 spiro atoms. The van der Waals surface area contributed by atoms with E-state index in [9.17, 15) is 0 Å². The van der Waals surface area contributed by atoms with Gasteiger partial charge in [0.05, 0.1) is 5.02 Å². The summed E-state index contributed by atoms with van der Waals surface area (Å²) in [4.78, 5) is 0. The first-order valence-electron chi connectivity index (χ1n) is 6.98. The van der Waals surface area contributed by atoms with E-state index in [-0.39, 0.29) is 0 Å². The van der Waals surface area contributed by atoms with Gasteiger partial charge in [0, 0.05) is 0 Å². The van der Waals surface area contributed by atoms with Crippen molar-refractivity contribution in [3.8, 4) is 11.5 Å². The second kappa shape index (κ2) is 7.32. The SMILES string of the molecule is CCCc1ccc(Oc2ccc(CCN)cc2Cl)cc1. The first kappa shape index (κ1) is 14.9. The molecule has 2 nitrogen and oxygen atoms in total. The highest BCUT2D eigenvalue weighted by Crippen LogP contribution is 2.30. The summed E-state index contributed by atoms with van der Waals surface area (Å²) < 4.78 is 5.81. The monoisotopic (exact) mass is 289 g/mol. The maximum absolute atomic E-state index is 6.23. The van der Waals surface area contributed by atoms with Crippen LogP contribution in [0.2, 0.25) is 5.02 Å². The third-order valence-corrected chi connectivity index (χ3v) is 3.41. The summed E-state index contributed by atoms with van der Waals surface area (Å²) in [6, 6.07) is 14.0. The van der Waals surface area contributed by atoms with Crippen LogP contribution in [0.15, 0.2) is 42.5 Å². The van der Waals surface area contributed by atoms with E-state index in [0.29, 0.717) is 17.3 Å². The van der Waals surface area contributed by atoms with Gasteiger partial charge in [-0.25, -0.2) is 0 Å². The molecule has 0 saturated heterocycles. The van der Waals surface area contributed by atoms with Crippen LogP contribution >= 0.6 is 11.6 Å². The van der Waals surface area contributed by atoms with Crippen molar-refractivity contribution in [2.24, 2.45) is 5.73 Å². The maximum atomic E-state index is 6.23. The Bertz CT molecular complexity index is 551. The summed E-state index contributed by atoms with van der Waals surface area (Å²) in [5.41, 5.74) is 7.99. The highest BCUT2D eigenvalue weighted by atomic mass is 35.5. The smallest absolute Gasteiger partial charge is 0.146 e. The van der Waals surface area contributed by atoms with E-state index in [1.165, 1.54) is 5.56 Å². The minimum absolute atomic E-state index is 0.619. The molecule has 2 aromatic carbocycles. The summed E-state index contributed by atoms with van der Waals surface area (Å²) in [7, 11) is 0. The standard InChI is InChI=1S/C17H20ClNO/c1-2-3-13-4-7-15(8-5-13)20-17-9-6-14(10-11-19)12-16(17)18/h4-9,12H,2-3,10-11,19H2,1H3. The molecule has 0 aliphatic carbocycles. The summed E-state index contributed by atoms with van der Waals surface area (Å²) in [5.74, 6) is 1.48. The molecule has 0 aliphatic rings. The summed E-state index contributed by atoms with van der Waals surface area (Å²) >= 11 is 6.23. The Balaban J connectivity index is 2.09. The van der Waals surface area contributed by atoms with Crippen molar-refractivity contribution in [1.82, 2.24) is 0 Å². The number of nitrogens with two attached hydrogens (primary N) is 1. The number of halogens is 1. The molecular weight excluding hydrogens is 270 g/mol. The van der Waals surface area contributed by atoms with Crippen LogP contribution in [0.25, 0.3) is 0 Å². The van der Waals surface area contributed by atoms with Crippen molar-refractivity contribution in [3.05, 3.63) is 58.6 Å². The van der Waals surface area contributed by atoms with Crippen LogP contribution in [-0.2, 0) is 12.8 Å². The molecule has 0 unspecified atom stereocenters. The average molecular weight is 290 g/mol. The van der Waals surface area contributed by atoms with E-state index in [2.05, 4.69) is 19.1 Å². The van der Waals surface area contributed by atoms with Crippen LogP contribution in [0.5, 0.6) is 11.5 Å². The second-order valence-corrected chi connectivity index (χ2v) is 5.21. The fourth-order valence-electron chi connectivity index (χ4n) is 2.09. The van der Waals surface area contributed by atoms with Crippen LogP contribution in [0.1, 0.15) is 24.5 Å². The zero-order valence-electron chi connectivity index (χ0n) is 11.7. The van der Waals surface area contributed by atoms with Gasteiger partial charge in [0.1, 0.15) is 11.5 Å². The van der Waals surface area contributed by atoms with Gasteiger partial charge in [-0.05, 0) is 54.8 Å². The normalized spacial score (nSPS) is 10.6. The van der Waals surface area contributed by atoms with Gasteiger partial charge in [-0.1, -0.05) is 43.1 Å². The number of ether oxygens (including phenoxy) is 1. The average Bonchev–Trinajstić information content (AvgIpc) is 2.44. The first-order valence-corrected chi connectivity index (χ1v) is 7.36. The molecule has 0 aromatic heterocycles. The van der Waals surface area contributed by atoms with Gasteiger partial charge in [-0.3, -0.25) is 0 Å². The molecule has 0 fully saturated rings. The number of rotatable bonds is 6. The molecule has 0 amide bonds. The molecule has 2 N–H and O–H groups in total. The Hall–Kier alpha value is -1.51. The lowest BCUT2D eigenvalue weighted by Crippen LogP contribution is -2.02. The Morgan fingerprint density at radius 1 is 1.00 bits per heavy atom. The summed E-state index contributed by atoms with van der Waals surface area (Å²) in [5, 5.41) is 0.619. The Kier molecular flexibility index (Phi) is 5.45. The molecule has 0 radical (unpaired) electrons. The van der Waals surface area contributed by atoms with Gasteiger partial charge in [0.15, 0.2) is 0 Å². The largest absolute Gasteiger partial charge is 0.456 e. The molecule has 0 bridgehead atoms. The van der Waals surface area contributed by atoms with Crippen LogP contribution in [0.3, 0.4) is 0 Å². The van der Waals surface area contributed by atoms with Crippen molar-refractivity contribution in [3.63, 3.8) is 0 Å². The Morgan fingerprint density at radius 2 is 1.70 bits per heavy atom. The quantitative estimate of drug-likeness (QED) is 0.844. The van der Waals surface area contributed by atoms with Gasteiger partial charge in [0.25, 0.3) is 0 Å². The number of aryl methyl sites for hydroxylation is 1. The van der Waals surface area contributed by atoms with Crippen molar-refractivity contribution < 1.29 is 4.74 Å². The van der Waals surface area contributed by atoms with Gasteiger partial charge in [-0.15, -0.1) is 0 Å². The fourth-order valence-corrected chi connectivity index (χ4v) is 2.33. The molecule has 0 atom stereocenters. The van der Waals surface area contributed by atoms with E-state index >= 15 is 0 Å². The minimum Gasteiger partial charge on any atom is -0.456 e. The lowest BCUT2D eigenvalue weighted by Gasteiger charge is -2.09. The highest BCUT2D eigenvalue weighted by Gasteiger charge is 2.04. The van der Waals surface area contributed by atoms with E-state index in [1.807, 2.05) is 30.3 Å². The van der Waals surface area contributed by atoms with Gasteiger partial charge in [0.2, 0.25) is 0 Å². The predicted molar refractivity (Wildman–Crippen MR) is 84.7 cm³/mol. The zero-order valence-corrected chi connectivity index (χ0v) is 12.5. The van der Waals surface area contributed by atoms with E-state index in [1.54, 1.807) is 0 Å². The molecule has 2 aromatic rings. The fraction of sp³-hybridized carbons (Fsp3) is 0.294. The van der Waals surface area contributed by atoms with Crippen LogP contribution < -0.4 is 10.5 Å². The number of hydrogen-bond donors (Lipinski definition) is 1. The lowest BCUT2D eigenvalue weighted by atomic mass is 10.1. The first-order chi connectivity index (χ1) is 9.72. The molecule has 0 heterocycles. The van der Waals surface area contributed by atoms with Gasteiger partial charge >= 0.3 is 0 Å². The van der Waals surface area contributed by atoms with Crippen molar-refractivity contribution in [2.75, 3.05) is 6.54 Å². The van der Waals surface area contributed by atoms with Crippen LogP contribution in [-0.4, -0.2) is 6.54 Å². The van der Waals surface area contributed by atoms with Crippen molar-refractivity contribution >= 4 is 11.6 Å².